The van der Waals surface area contributed by atoms with Crippen molar-refractivity contribution in [2.24, 2.45) is 0 Å². The van der Waals surface area contributed by atoms with Gasteiger partial charge in [0.25, 0.3) is 0 Å². The van der Waals surface area contributed by atoms with E-state index in [4.69, 9.17) is 0 Å². The average Bonchev–Trinajstić information content (AvgIpc) is 2.92. The molecule has 0 aliphatic carbocycles. The van der Waals surface area contributed by atoms with Crippen molar-refractivity contribution < 1.29 is 4.79 Å². The molecule has 0 saturated carbocycles. The topological polar surface area (TPSA) is 32.3 Å². The Hall–Kier alpha value is -1.81. The number of rotatable bonds is 6. The first-order valence-corrected chi connectivity index (χ1v) is 7.63. The van der Waals surface area contributed by atoms with Crippen LogP contribution in [0.2, 0.25) is 0 Å². The van der Waals surface area contributed by atoms with Crippen molar-refractivity contribution in [3.8, 4) is 0 Å². The number of hydrogen-bond acceptors (Lipinski definition) is 3. The molecule has 0 atom stereocenters. The number of benzene rings is 1. The zero-order valence-electron chi connectivity index (χ0n) is 11.9. The average molecular weight is 288 g/mol. The van der Waals surface area contributed by atoms with Crippen LogP contribution in [-0.4, -0.2) is 20.0 Å². The van der Waals surface area contributed by atoms with E-state index in [1.807, 2.05) is 49.3 Å². The molecular weight excluding hydrogens is 268 g/mol. The minimum absolute atomic E-state index is 0.0826. The SMILES string of the molecule is CN(C)c1ccc(NC(=O)CCCc2cccs2)cc1. The van der Waals surface area contributed by atoms with Gasteiger partial charge in [0.05, 0.1) is 0 Å². The van der Waals surface area contributed by atoms with Crippen LogP contribution < -0.4 is 10.2 Å². The van der Waals surface area contributed by atoms with E-state index in [0.29, 0.717) is 6.42 Å². The van der Waals surface area contributed by atoms with E-state index in [1.165, 1.54) is 4.88 Å². The van der Waals surface area contributed by atoms with Crippen molar-refractivity contribution in [2.75, 3.05) is 24.3 Å². The van der Waals surface area contributed by atoms with Gasteiger partial charge in [-0.15, -0.1) is 11.3 Å². The fourth-order valence-corrected chi connectivity index (χ4v) is 2.70. The Morgan fingerprint density at radius 2 is 1.95 bits per heavy atom. The molecule has 3 nitrogen and oxygen atoms in total. The molecule has 0 spiro atoms. The molecule has 0 unspecified atom stereocenters. The summed E-state index contributed by atoms with van der Waals surface area (Å²) in [7, 11) is 4.00. The van der Waals surface area contributed by atoms with Gasteiger partial charge in [-0.3, -0.25) is 4.79 Å². The first-order chi connectivity index (χ1) is 9.65. The molecule has 1 heterocycles. The summed E-state index contributed by atoms with van der Waals surface area (Å²) in [5, 5.41) is 5.01. The normalized spacial score (nSPS) is 10.3. The van der Waals surface area contributed by atoms with Crippen LogP contribution in [0.3, 0.4) is 0 Å². The second kappa shape index (κ2) is 7.10. The van der Waals surface area contributed by atoms with E-state index < -0.39 is 0 Å². The number of nitrogens with one attached hydrogen (secondary N) is 1. The third-order valence-electron chi connectivity index (χ3n) is 3.07. The van der Waals surface area contributed by atoms with E-state index in [1.54, 1.807) is 11.3 Å². The van der Waals surface area contributed by atoms with Gasteiger partial charge in [-0.25, -0.2) is 0 Å². The Balaban J connectivity index is 1.76. The molecule has 1 amide bonds. The predicted octanol–water partition coefficient (Wildman–Crippen LogP) is 3.78. The molecule has 0 bridgehead atoms. The molecule has 1 aromatic carbocycles. The Labute approximate surface area is 124 Å². The minimum atomic E-state index is 0.0826. The summed E-state index contributed by atoms with van der Waals surface area (Å²) in [6.45, 7) is 0. The number of hydrogen-bond donors (Lipinski definition) is 1. The number of aryl methyl sites for hydroxylation is 1. The Bertz CT molecular complexity index is 532. The lowest BCUT2D eigenvalue weighted by atomic mass is 10.2. The molecule has 0 radical (unpaired) electrons. The van der Waals surface area contributed by atoms with Gasteiger partial charge in [0, 0.05) is 36.8 Å². The number of carbonyl (C=O) groups is 1. The number of anilines is 2. The maximum atomic E-state index is 11.8. The minimum Gasteiger partial charge on any atom is -0.378 e. The molecule has 1 aromatic heterocycles. The van der Waals surface area contributed by atoms with Crippen LogP contribution in [0.1, 0.15) is 17.7 Å². The van der Waals surface area contributed by atoms with Crippen molar-refractivity contribution in [1.29, 1.82) is 0 Å². The third kappa shape index (κ3) is 4.38. The number of carbonyl (C=O) groups excluding carboxylic acids is 1. The van der Waals surface area contributed by atoms with Crippen LogP contribution >= 0.6 is 11.3 Å². The second-order valence-electron chi connectivity index (χ2n) is 4.92. The van der Waals surface area contributed by atoms with E-state index in [2.05, 4.69) is 16.8 Å². The quantitative estimate of drug-likeness (QED) is 0.877. The lowest BCUT2D eigenvalue weighted by molar-refractivity contribution is -0.116. The first kappa shape index (κ1) is 14.6. The standard InChI is InChI=1S/C16H20N2OS/c1-18(2)14-10-8-13(9-11-14)17-16(19)7-3-5-15-6-4-12-20-15/h4,6,8-12H,3,5,7H2,1-2H3,(H,17,19). The summed E-state index contributed by atoms with van der Waals surface area (Å²) in [5.74, 6) is 0.0826. The van der Waals surface area contributed by atoms with Gasteiger partial charge in [-0.2, -0.15) is 0 Å². The van der Waals surface area contributed by atoms with E-state index in [-0.39, 0.29) is 5.91 Å². The highest BCUT2D eigenvalue weighted by molar-refractivity contribution is 7.09. The van der Waals surface area contributed by atoms with Crippen molar-refractivity contribution in [3.05, 3.63) is 46.7 Å². The summed E-state index contributed by atoms with van der Waals surface area (Å²) < 4.78 is 0. The third-order valence-corrected chi connectivity index (χ3v) is 4.01. The van der Waals surface area contributed by atoms with Gasteiger partial charge in [0.1, 0.15) is 0 Å². The largest absolute Gasteiger partial charge is 0.378 e. The van der Waals surface area contributed by atoms with Gasteiger partial charge in [-0.05, 0) is 48.6 Å². The molecule has 0 aliphatic heterocycles. The molecule has 106 valence electrons. The first-order valence-electron chi connectivity index (χ1n) is 6.75. The van der Waals surface area contributed by atoms with Crippen LogP contribution in [0.15, 0.2) is 41.8 Å². The number of thiophene rings is 1. The van der Waals surface area contributed by atoms with Crippen molar-refractivity contribution in [1.82, 2.24) is 0 Å². The van der Waals surface area contributed by atoms with Crippen LogP contribution in [0, 0.1) is 0 Å². The fourth-order valence-electron chi connectivity index (χ4n) is 1.94. The summed E-state index contributed by atoms with van der Waals surface area (Å²) in [6, 6.07) is 12.0. The monoisotopic (exact) mass is 288 g/mol. The molecular formula is C16H20N2OS. The van der Waals surface area contributed by atoms with Crippen molar-refractivity contribution >= 4 is 28.6 Å². The molecule has 1 N–H and O–H groups in total. The molecule has 2 aromatic rings. The highest BCUT2D eigenvalue weighted by Gasteiger charge is 2.03. The Morgan fingerprint density at radius 1 is 1.20 bits per heavy atom. The maximum absolute atomic E-state index is 11.8. The van der Waals surface area contributed by atoms with Gasteiger partial charge in [-0.1, -0.05) is 6.07 Å². The summed E-state index contributed by atoms with van der Waals surface area (Å²) in [4.78, 5) is 15.2. The van der Waals surface area contributed by atoms with Gasteiger partial charge < -0.3 is 10.2 Å². The number of amides is 1. The van der Waals surface area contributed by atoms with Crippen molar-refractivity contribution in [2.45, 2.75) is 19.3 Å². The maximum Gasteiger partial charge on any atom is 0.224 e. The van der Waals surface area contributed by atoms with E-state index >= 15 is 0 Å². The highest BCUT2D eigenvalue weighted by Crippen LogP contribution is 2.16. The van der Waals surface area contributed by atoms with Gasteiger partial charge in [0.2, 0.25) is 5.91 Å². The lowest BCUT2D eigenvalue weighted by Crippen LogP contribution is -2.12. The number of nitrogens with zero attached hydrogens (tertiary/aromatic N) is 1. The van der Waals surface area contributed by atoms with Gasteiger partial charge in [0.15, 0.2) is 0 Å². The van der Waals surface area contributed by atoms with Crippen LogP contribution in [-0.2, 0) is 11.2 Å². The molecule has 0 aliphatic rings. The smallest absolute Gasteiger partial charge is 0.224 e. The Morgan fingerprint density at radius 3 is 2.55 bits per heavy atom. The van der Waals surface area contributed by atoms with E-state index in [9.17, 15) is 4.79 Å². The molecule has 2 rings (SSSR count). The summed E-state index contributed by atoms with van der Waals surface area (Å²) >= 11 is 1.75. The van der Waals surface area contributed by atoms with Crippen molar-refractivity contribution in [3.63, 3.8) is 0 Å². The lowest BCUT2D eigenvalue weighted by Gasteiger charge is -2.13. The van der Waals surface area contributed by atoms with Crippen LogP contribution in [0.5, 0.6) is 0 Å². The molecule has 0 saturated heterocycles. The zero-order chi connectivity index (χ0) is 14.4. The predicted molar refractivity (Wildman–Crippen MR) is 86.7 cm³/mol. The van der Waals surface area contributed by atoms with Gasteiger partial charge >= 0.3 is 0 Å². The molecule has 20 heavy (non-hydrogen) atoms. The molecule has 0 fully saturated rings. The van der Waals surface area contributed by atoms with Crippen LogP contribution in [0.4, 0.5) is 11.4 Å². The zero-order valence-corrected chi connectivity index (χ0v) is 12.7. The Kier molecular flexibility index (Phi) is 5.18. The summed E-state index contributed by atoms with van der Waals surface area (Å²) in [6.07, 6.45) is 2.43. The fraction of sp³-hybridized carbons (Fsp3) is 0.312. The second-order valence-corrected chi connectivity index (χ2v) is 5.95. The summed E-state index contributed by atoms with van der Waals surface area (Å²) in [5.41, 5.74) is 1.98. The van der Waals surface area contributed by atoms with Crippen LogP contribution in [0.25, 0.3) is 0 Å². The van der Waals surface area contributed by atoms with E-state index in [0.717, 1.165) is 24.2 Å². The molecule has 4 heteroatoms. The highest BCUT2D eigenvalue weighted by atomic mass is 32.1.